The summed E-state index contributed by atoms with van der Waals surface area (Å²) in [6.07, 6.45) is 0. The van der Waals surface area contributed by atoms with Crippen LogP contribution in [0.25, 0.3) is 11.3 Å². The van der Waals surface area contributed by atoms with Gasteiger partial charge in [0, 0.05) is 5.56 Å². The highest BCUT2D eigenvalue weighted by atomic mass is 32.1. The molecule has 2 aromatic rings. The maximum absolute atomic E-state index is 6.09. The molecule has 2 nitrogen and oxygen atoms in total. The zero-order valence-corrected chi connectivity index (χ0v) is 13.4. The summed E-state index contributed by atoms with van der Waals surface area (Å²) in [4.78, 5) is 4.59. The number of aromatic nitrogens is 1. The van der Waals surface area contributed by atoms with Crippen LogP contribution in [0.1, 0.15) is 42.5 Å². The molecule has 0 aliphatic heterocycles. The zero-order chi connectivity index (χ0) is 14.4. The molecule has 0 atom stereocenters. The Bertz CT molecular complexity index is 595. The van der Waals surface area contributed by atoms with E-state index >= 15 is 0 Å². The fraction of sp³-hybridized carbons (Fsp3) is 0.438. The normalized spacial score (nSPS) is 11.9. The summed E-state index contributed by atoms with van der Waals surface area (Å²) in [7, 11) is 0. The average molecular weight is 274 g/mol. The van der Waals surface area contributed by atoms with E-state index in [-0.39, 0.29) is 5.41 Å². The number of nitrogen functional groups attached to an aromatic ring is 1. The summed E-state index contributed by atoms with van der Waals surface area (Å²) in [6.45, 7) is 13.0. The molecule has 1 aromatic heterocycles. The molecule has 1 heterocycles. The van der Waals surface area contributed by atoms with Gasteiger partial charge in [-0.2, -0.15) is 0 Å². The molecule has 102 valence electrons. The fourth-order valence-electron chi connectivity index (χ4n) is 2.39. The van der Waals surface area contributed by atoms with Crippen LogP contribution in [0.3, 0.4) is 0 Å². The number of thiazole rings is 1. The van der Waals surface area contributed by atoms with Gasteiger partial charge in [0.05, 0.1) is 5.01 Å². The number of hydrogen-bond donors (Lipinski definition) is 1. The minimum absolute atomic E-state index is 0.164. The molecule has 0 aliphatic rings. The molecule has 0 aliphatic carbocycles. The van der Waals surface area contributed by atoms with Gasteiger partial charge in [-0.15, -0.1) is 11.3 Å². The zero-order valence-electron chi connectivity index (χ0n) is 12.6. The number of benzene rings is 1. The Morgan fingerprint density at radius 2 is 1.58 bits per heavy atom. The van der Waals surface area contributed by atoms with Crippen LogP contribution in [0.2, 0.25) is 0 Å². The first-order valence-corrected chi connectivity index (χ1v) is 7.37. The first-order valence-electron chi connectivity index (χ1n) is 6.55. The lowest BCUT2D eigenvalue weighted by atomic mass is 9.83. The molecule has 0 radical (unpaired) electrons. The molecular weight excluding hydrogens is 252 g/mol. The SMILES string of the molecule is Cc1nc(-c2c(C)cc(C(C)(C)C)cc2C)c(N)s1. The smallest absolute Gasteiger partial charge is 0.114 e. The fourth-order valence-corrected chi connectivity index (χ4v) is 3.09. The van der Waals surface area contributed by atoms with E-state index in [9.17, 15) is 0 Å². The molecule has 0 unspecified atom stereocenters. The summed E-state index contributed by atoms with van der Waals surface area (Å²) in [5.41, 5.74) is 12.2. The number of hydrogen-bond acceptors (Lipinski definition) is 3. The van der Waals surface area contributed by atoms with Crippen LogP contribution in [0.15, 0.2) is 12.1 Å². The first kappa shape index (κ1) is 14.1. The second kappa shape index (κ2) is 4.64. The van der Waals surface area contributed by atoms with Crippen LogP contribution in [-0.2, 0) is 5.41 Å². The summed E-state index contributed by atoms with van der Waals surface area (Å²) in [5.74, 6) is 0. The highest BCUT2D eigenvalue weighted by molar-refractivity contribution is 7.16. The third-order valence-corrected chi connectivity index (χ3v) is 4.20. The molecule has 0 spiro atoms. The van der Waals surface area contributed by atoms with Gasteiger partial charge in [-0.3, -0.25) is 0 Å². The summed E-state index contributed by atoms with van der Waals surface area (Å²) in [6, 6.07) is 4.52. The minimum atomic E-state index is 0.164. The van der Waals surface area contributed by atoms with Crippen LogP contribution >= 0.6 is 11.3 Å². The minimum Gasteiger partial charge on any atom is -0.389 e. The maximum Gasteiger partial charge on any atom is 0.114 e. The van der Waals surface area contributed by atoms with Gasteiger partial charge in [0.2, 0.25) is 0 Å². The van der Waals surface area contributed by atoms with Crippen molar-refractivity contribution in [2.75, 3.05) is 5.73 Å². The van der Waals surface area contributed by atoms with Crippen molar-refractivity contribution < 1.29 is 0 Å². The Morgan fingerprint density at radius 3 is 1.95 bits per heavy atom. The number of rotatable bonds is 1. The largest absolute Gasteiger partial charge is 0.389 e. The number of aryl methyl sites for hydroxylation is 3. The van der Waals surface area contributed by atoms with Crippen molar-refractivity contribution in [1.82, 2.24) is 4.98 Å². The molecule has 0 fully saturated rings. The lowest BCUT2D eigenvalue weighted by Gasteiger charge is -2.22. The molecule has 0 saturated heterocycles. The molecule has 1 aromatic carbocycles. The number of nitrogens with zero attached hydrogens (tertiary/aromatic N) is 1. The molecule has 0 bridgehead atoms. The molecule has 2 rings (SSSR count). The maximum atomic E-state index is 6.09. The summed E-state index contributed by atoms with van der Waals surface area (Å²) >= 11 is 1.56. The first-order chi connectivity index (χ1) is 8.70. The van der Waals surface area contributed by atoms with Gasteiger partial charge in [0.25, 0.3) is 0 Å². The van der Waals surface area contributed by atoms with Crippen molar-refractivity contribution in [3.63, 3.8) is 0 Å². The van der Waals surface area contributed by atoms with Crippen molar-refractivity contribution in [2.24, 2.45) is 0 Å². The monoisotopic (exact) mass is 274 g/mol. The Kier molecular flexibility index (Phi) is 3.43. The van der Waals surface area contributed by atoms with Crippen molar-refractivity contribution in [3.8, 4) is 11.3 Å². The summed E-state index contributed by atoms with van der Waals surface area (Å²) < 4.78 is 0. The van der Waals surface area contributed by atoms with Gasteiger partial charge >= 0.3 is 0 Å². The van der Waals surface area contributed by atoms with Gasteiger partial charge < -0.3 is 5.73 Å². The van der Waals surface area contributed by atoms with E-state index in [1.807, 2.05) is 6.92 Å². The van der Waals surface area contributed by atoms with Crippen LogP contribution in [0, 0.1) is 20.8 Å². The van der Waals surface area contributed by atoms with E-state index in [0.717, 1.165) is 15.7 Å². The molecule has 19 heavy (non-hydrogen) atoms. The predicted molar refractivity (Wildman–Crippen MR) is 84.9 cm³/mol. The standard InChI is InChI=1S/C16H22N2S/c1-9-7-12(16(4,5)6)8-10(2)13(9)14-15(17)19-11(3)18-14/h7-8H,17H2,1-6H3. The second-order valence-electron chi connectivity index (χ2n) is 6.18. The lowest BCUT2D eigenvalue weighted by Crippen LogP contribution is -2.12. The molecule has 3 heteroatoms. The lowest BCUT2D eigenvalue weighted by molar-refractivity contribution is 0.589. The third-order valence-electron chi connectivity index (χ3n) is 3.40. The second-order valence-corrected chi connectivity index (χ2v) is 7.42. The van der Waals surface area contributed by atoms with E-state index in [4.69, 9.17) is 5.73 Å². The van der Waals surface area contributed by atoms with Crippen LogP contribution < -0.4 is 5.73 Å². The predicted octanol–water partition coefficient (Wildman–Crippen LogP) is 4.62. The van der Waals surface area contributed by atoms with Crippen molar-refractivity contribution in [1.29, 1.82) is 0 Å². The van der Waals surface area contributed by atoms with E-state index in [2.05, 4.69) is 51.7 Å². The van der Waals surface area contributed by atoms with Gasteiger partial charge in [0.15, 0.2) is 0 Å². The van der Waals surface area contributed by atoms with Crippen LogP contribution in [0.5, 0.6) is 0 Å². The Labute approximate surface area is 119 Å². The highest BCUT2D eigenvalue weighted by Gasteiger charge is 2.19. The van der Waals surface area contributed by atoms with E-state index in [1.54, 1.807) is 11.3 Å². The average Bonchev–Trinajstić information content (AvgIpc) is 2.55. The van der Waals surface area contributed by atoms with Gasteiger partial charge in [-0.05, 0) is 42.9 Å². The molecule has 2 N–H and O–H groups in total. The van der Waals surface area contributed by atoms with Gasteiger partial charge in [-0.25, -0.2) is 4.98 Å². The van der Waals surface area contributed by atoms with Crippen LogP contribution in [-0.4, -0.2) is 4.98 Å². The molecule has 0 amide bonds. The van der Waals surface area contributed by atoms with Gasteiger partial charge in [0.1, 0.15) is 10.7 Å². The van der Waals surface area contributed by atoms with Crippen molar-refractivity contribution in [2.45, 2.75) is 47.0 Å². The topological polar surface area (TPSA) is 38.9 Å². The number of anilines is 1. The summed E-state index contributed by atoms with van der Waals surface area (Å²) in [5, 5.41) is 1.83. The van der Waals surface area contributed by atoms with Gasteiger partial charge in [-0.1, -0.05) is 32.9 Å². The Morgan fingerprint density at radius 1 is 1.05 bits per heavy atom. The van der Waals surface area contributed by atoms with Crippen LogP contribution in [0.4, 0.5) is 5.00 Å². The van der Waals surface area contributed by atoms with Crippen molar-refractivity contribution >= 4 is 16.3 Å². The van der Waals surface area contributed by atoms with E-state index in [0.29, 0.717) is 0 Å². The Balaban J connectivity index is 2.64. The quantitative estimate of drug-likeness (QED) is 0.824. The van der Waals surface area contributed by atoms with E-state index in [1.165, 1.54) is 22.3 Å². The Hall–Kier alpha value is -1.35. The third kappa shape index (κ3) is 2.66. The van der Waals surface area contributed by atoms with E-state index < -0.39 is 0 Å². The molecular formula is C16H22N2S. The highest BCUT2D eigenvalue weighted by Crippen LogP contribution is 2.36. The van der Waals surface area contributed by atoms with Crippen molar-refractivity contribution in [3.05, 3.63) is 33.8 Å². The number of nitrogens with two attached hydrogens (primary N) is 1. The molecule has 0 saturated carbocycles.